The van der Waals surface area contributed by atoms with Crippen molar-refractivity contribution in [3.8, 4) is 0 Å². The average molecular weight is 345 g/mol. The van der Waals surface area contributed by atoms with Gasteiger partial charge in [0.15, 0.2) is 0 Å². The monoisotopic (exact) mass is 344 g/mol. The highest BCUT2D eigenvalue weighted by Gasteiger charge is 2.09. The van der Waals surface area contributed by atoms with Gasteiger partial charge in [-0.2, -0.15) is 0 Å². The van der Waals surface area contributed by atoms with Crippen LogP contribution in [0.2, 0.25) is 5.02 Å². The zero-order valence-corrected chi connectivity index (χ0v) is 14.4. The molecule has 0 aliphatic heterocycles. The van der Waals surface area contributed by atoms with Gasteiger partial charge in [0.25, 0.3) is 0 Å². The van der Waals surface area contributed by atoms with E-state index in [4.69, 9.17) is 11.6 Å². The Kier molecular flexibility index (Phi) is 6.82. The molecule has 0 aliphatic carbocycles. The number of benzene rings is 2. The number of hydrogen-bond acceptors (Lipinski definition) is 2. The predicted octanol–water partition coefficient (Wildman–Crippen LogP) is 3.01. The largest absolute Gasteiger partial charge is 0.355 e. The highest BCUT2D eigenvalue weighted by Crippen LogP contribution is 2.09. The second-order valence-electron chi connectivity index (χ2n) is 5.61. The first-order valence-corrected chi connectivity index (χ1v) is 8.25. The van der Waals surface area contributed by atoms with E-state index >= 15 is 0 Å². The maximum atomic E-state index is 11.8. The quantitative estimate of drug-likeness (QED) is 0.758. The Labute approximate surface area is 147 Å². The van der Waals surface area contributed by atoms with Gasteiger partial charge < -0.3 is 10.6 Å². The van der Waals surface area contributed by atoms with E-state index in [0.717, 1.165) is 16.7 Å². The van der Waals surface area contributed by atoms with Gasteiger partial charge in [0.2, 0.25) is 11.8 Å². The summed E-state index contributed by atoms with van der Waals surface area (Å²) in [6, 6.07) is 15.3. The van der Waals surface area contributed by atoms with E-state index < -0.39 is 0 Å². The van der Waals surface area contributed by atoms with Gasteiger partial charge in [-0.3, -0.25) is 9.59 Å². The fourth-order valence-corrected chi connectivity index (χ4v) is 2.40. The number of rotatable bonds is 7. The van der Waals surface area contributed by atoms with Crippen LogP contribution in [-0.4, -0.2) is 18.4 Å². The zero-order valence-electron chi connectivity index (χ0n) is 13.6. The van der Waals surface area contributed by atoms with Gasteiger partial charge in [0, 0.05) is 18.1 Å². The van der Waals surface area contributed by atoms with Crippen LogP contribution in [0.4, 0.5) is 0 Å². The number of halogens is 1. The number of nitrogens with one attached hydrogen (secondary N) is 2. The molecule has 4 nitrogen and oxygen atoms in total. The van der Waals surface area contributed by atoms with Crippen LogP contribution in [0.3, 0.4) is 0 Å². The van der Waals surface area contributed by atoms with E-state index in [-0.39, 0.29) is 18.2 Å². The molecule has 2 rings (SSSR count). The second kappa shape index (κ2) is 9.08. The molecular weight excluding hydrogens is 324 g/mol. The lowest BCUT2D eigenvalue weighted by atomic mass is 10.1. The number of hydrogen-bond donors (Lipinski definition) is 2. The first-order chi connectivity index (χ1) is 11.5. The Hall–Kier alpha value is -2.33. The van der Waals surface area contributed by atoms with Gasteiger partial charge in [-0.05, 0) is 42.2 Å². The summed E-state index contributed by atoms with van der Waals surface area (Å²) in [4.78, 5) is 23.6. The van der Waals surface area contributed by atoms with Gasteiger partial charge in [-0.15, -0.1) is 0 Å². The lowest BCUT2D eigenvalue weighted by Crippen LogP contribution is -2.32. The highest BCUT2D eigenvalue weighted by molar-refractivity contribution is 6.30. The zero-order chi connectivity index (χ0) is 17.4. The Morgan fingerprint density at radius 1 is 0.958 bits per heavy atom. The fourth-order valence-electron chi connectivity index (χ4n) is 2.27. The summed E-state index contributed by atoms with van der Waals surface area (Å²) >= 11 is 5.82. The first-order valence-electron chi connectivity index (χ1n) is 7.87. The Balaban J connectivity index is 1.67. The second-order valence-corrected chi connectivity index (χ2v) is 6.04. The molecule has 0 saturated heterocycles. The van der Waals surface area contributed by atoms with Crippen molar-refractivity contribution in [3.05, 3.63) is 70.2 Å². The van der Waals surface area contributed by atoms with Crippen molar-refractivity contribution in [2.75, 3.05) is 6.54 Å². The van der Waals surface area contributed by atoms with Crippen molar-refractivity contribution in [1.82, 2.24) is 10.6 Å². The number of amides is 2. The van der Waals surface area contributed by atoms with Crippen LogP contribution in [0.1, 0.15) is 23.1 Å². The molecule has 2 amide bonds. The Morgan fingerprint density at radius 3 is 2.33 bits per heavy atom. The first kappa shape index (κ1) is 18.0. The van der Waals surface area contributed by atoms with Crippen molar-refractivity contribution >= 4 is 23.4 Å². The molecular formula is C19H21ClN2O2. The van der Waals surface area contributed by atoms with Crippen molar-refractivity contribution in [1.29, 1.82) is 0 Å². The molecule has 0 fully saturated rings. The lowest BCUT2D eigenvalue weighted by Gasteiger charge is -2.08. The molecule has 0 bridgehead atoms. The van der Waals surface area contributed by atoms with Crippen molar-refractivity contribution < 1.29 is 9.59 Å². The van der Waals surface area contributed by atoms with Crippen LogP contribution in [0.5, 0.6) is 0 Å². The summed E-state index contributed by atoms with van der Waals surface area (Å²) in [6.07, 6.45) is 0.542. The van der Waals surface area contributed by atoms with E-state index in [2.05, 4.69) is 10.6 Å². The van der Waals surface area contributed by atoms with E-state index in [9.17, 15) is 9.59 Å². The minimum Gasteiger partial charge on any atom is -0.355 e. The van der Waals surface area contributed by atoms with Crippen LogP contribution >= 0.6 is 11.6 Å². The van der Waals surface area contributed by atoms with Crippen LogP contribution in [0.25, 0.3) is 0 Å². The van der Waals surface area contributed by atoms with E-state index in [1.807, 2.05) is 55.5 Å². The molecule has 0 radical (unpaired) electrons. The molecule has 0 heterocycles. The Bertz CT molecular complexity index is 699. The number of carbonyl (C=O) groups excluding carboxylic acids is 2. The summed E-state index contributed by atoms with van der Waals surface area (Å²) in [5.41, 5.74) is 3.25. The number of aryl methyl sites for hydroxylation is 1. The van der Waals surface area contributed by atoms with Gasteiger partial charge in [0.1, 0.15) is 6.42 Å². The van der Waals surface area contributed by atoms with E-state index in [1.54, 1.807) is 0 Å². The maximum Gasteiger partial charge on any atom is 0.229 e. The minimum atomic E-state index is -0.276. The summed E-state index contributed by atoms with van der Waals surface area (Å²) in [5.74, 6) is -0.548. The standard InChI is InChI=1S/C19H21ClN2O2/c1-14-4-2-3-5-16(14)13-22-19(24)12-18(23)21-11-10-15-6-8-17(20)9-7-15/h2-9H,10-13H2,1H3,(H,21,23)(H,22,24). The predicted molar refractivity (Wildman–Crippen MR) is 95.8 cm³/mol. The van der Waals surface area contributed by atoms with E-state index in [1.165, 1.54) is 0 Å². The fraction of sp³-hybridized carbons (Fsp3) is 0.263. The topological polar surface area (TPSA) is 58.2 Å². The molecule has 126 valence electrons. The molecule has 0 unspecified atom stereocenters. The third-order valence-corrected chi connectivity index (χ3v) is 3.96. The van der Waals surface area contributed by atoms with Gasteiger partial charge in [-0.1, -0.05) is 48.0 Å². The van der Waals surface area contributed by atoms with Crippen LogP contribution in [0.15, 0.2) is 48.5 Å². The van der Waals surface area contributed by atoms with Gasteiger partial charge in [-0.25, -0.2) is 0 Å². The molecule has 5 heteroatoms. The molecule has 0 saturated carbocycles. The summed E-state index contributed by atoms with van der Waals surface area (Å²) in [7, 11) is 0. The molecule has 0 spiro atoms. The molecule has 0 aromatic heterocycles. The smallest absolute Gasteiger partial charge is 0.229 e. The van der Waals surface area contributed by atoms with Crippen molar-refractivity contribution in [2.24, 2.45) is 0 Å². The maximum absolute atomic E-state index is 11.8. The summed E-state index contributed by atoms with van der Waals surface area (Å²) in [5, 5.41) is 6.21. The summed E-state index contributed by atoms with van der Waals surface area (Å²) < 4.78 is 0. The third kappa shape index (κ3) is 6.05. The number of carbonyl (C=O) groups is 2. The van der Waals surface area contributed by atoms with Crippen LogP contribution in [-0.2, 0) is 22.6 Å². The van der Waals surface area contributed by atoms with Crippen molar-refractivity contribution in [3.63, 3.8) is 0 Å². The molecule has 2 aromatic rings. The van der Waals surface area contributed by atoms with Gasteiger partial charge >= 0.3 is 0 Å². The molecule has 2 aromatic carbocycles. The molecule has 24 heavy (non-hydrogen) atoms. The average Bonchev–Trinajstić information content (AvgIpc) is 2.56. The third-order valence-electron chi connectivity index (χ3n) is 3.71. The molecule has 0 aliphatic rings. The van der Waals surface area contributed by atoms with E-state index in [0.29, 0.717) is 24.5 Å². The van der Waals surface area contributed by atoms with Crippen LogP contribution in [0, 0.1) is 6.92 Å². The normalized spacial score (nSPS) is 10.2. The van der Waals surface area contributed by atoms with Gasteiger partial charge in [0.05, 0.1) is 0 Å². The summed E-state index contributed by atoms with van der Waals surface area (Å²) in [6.45, 7) is 2.92. The SMILES string of the molecule is Cc1ccccc1CNC(=O)CC(=O)NCCc1ccc(Cl)cc1. The lowest BCUT2D eigenvalue weighted by molar-refractivity contribution is -0.129. The molecule has 2 N–H and O–H groups in total. The highest BCUT2D eigenvalue weighted by atomic mass is 35.5. The molecule has 0 atom stereocenters. The minimum absolute atomic E-state index is 0.160. The van der Waals surface area contributed by atoms with Crippen molar-refractivity contribution in [2.45, 2.75) is 26.3 Å². The van der Waals surface area contributed by atoms with Crippen LogP contribution < -0.4 is 10.6 Å². The Morgan fingerprint density at radius 2 is 1.62 bits per heavy atom.